The first kappa shape index (κ1) is 21.0. The van der Waals surface area contributed by atoms with Crippen LogP contribution >= 0.6 is 0 Å². The summed E-state index contributed by atoms with van der Waals surface area (Å²) in [6.07, 6.45) is 4.22. The summed E-state index contributed by atoms with van der Waals surface area (Å²) < 4.78 is 17.9. The van der Waals surface area contributed by atoms with Crippen molar-refractivity contribution in [2.24, 2.45) is 5.73 Å². The van der Waals surface area contributed by atoms with Gasteiger partial charge in [0.15, 0.2) is 0 Å². The van der Waals surface area contributed by atoms with Gasteiger partial charge in [-0.05, 0) is 25.3 Å². The molecule has 21 heavy (non-hydrogen) atoms. The van der Waals surface area contributed by atoms with Crippen LogP contribution in [0.5, 0.6) is 0 Å². The van der Waals surface area contributed by atoms with E-state index in [0.29, 0.717) is 6.54 Å². The topological polar surface area (TPSA) is 86.0 Å². The van der Waals surface area contributed by atoms with Crippen molar-refractivity contribution in [2.45, 2.75) is 49.9 Å². The van der Waals surface area contributed by atoms with Gasteiger partial charge in [0, 0.05) is 47.6 Å². The van der Waals surface area contributed by atoms with Crippen LogP contribution in [-0.2, 0) is 13.6 Å². The van der Waals surface area contributed by atoms with Crippen molar-refractivity contribution in [2.75, 3.05) is 41.5 Å². The van der Waals surface area contributed by atoms with Crippen molar-refractivity contribution < 1.29 is 18.7 Å². The van der Waals surface area contributed by atoms with Gasteiger partial charge in [-0.25, -0.2) is 0 Å². The minimum Gasteiger partial charge on any atom is -0.400 e. The molecule has 128 valence electrons. The fraction of sp³-hybridized carbons (Fsp3) is 1.00. The molecule has 0 saturated carbocycles. The molecule has 0 aliphatic carbocycles. The number of hydrogen-bond donors (Lipinski definition) is 3. The molecule has 6 nitrogen and oxygen atoms in total. The number of methoxy groups -OCH3 is 1. The number of hydrogen-bond acceptors (Lipinski definition) is 6. The Bertz CT molecular complexity index is 267. The molecule has 1 aliphatic rings. The normalized spacial score (nSPS) is 27.9. The van der Waals surface area contributed by atoms with Crippen molar-refractivity contribution in [1.82, 2.24) is 5.32 Å². The lowest BCUT2D eigenvalue weighted by Gasteiger charge is -2.52. The third-order valence-electron chi connectivity index (χ3n) is 4.39. The zero-order valence-corrected chi connectivity index (χ0v) is 15.3. The van der Waals surface area contributed by atoms with Crippen LogP contribution < -0.4 is 11.1 Å². The average molecular weight is 323 g/mol. The van der Waals surface area contributed by atoms with Gasteiger partial charge < -0.3 is 29.7 Å². The molecule has 2 atom stereocenters. The largest absolute Gasteiger partial charge is 0.400 e. The molecule has 1 fully saturated rings. The first-order chi connectivity index (χ1) is 10.2. The Kier molecular flexibility index (Phi) is 10.6. The SMILES string of the molecule is CCCC1(OC)C(NCCN)CCC[Si]1(OC)OC.CO. The number of rotatable bonds is 8. The van der Waals surface area contributed by atoms with E-state index >= 15 is 0 Å². The summed E-state index contributed by atoms with van der Waals surface area (Å²) in [5.74, 6) is 0. The number of nitrogens with one attached hydrogen (secondary N) is 1. The van der Waals surface area contributed by atoms with E-state index in [-0.39, 0.29) is 11.3 Å². The summed E-state index contributed by atoms with van der Waals surface area (Å²) in [5.41, 5.74) is 5.63. The molecule has 0 aromatic heterocycles. The average Bonchev–Trinajstić information content (AvgIpc) is 2.55. The predicted octanol–water partition coefficient (Wildman–Crippen LogP) is 0.765. The lowest BCUT2D eigenvalue weighted by molar-refractivity contribution is -0.0369. The molecule has 1 aliphatic heterocycles. The Morgan fingerprint density at radius 3 is 2.33 bits per heavy atom. The Morgan fingerprint density at radius 2 is 1.90 bits per heavy atom. The molecular formula is C14H34N2O4Si. The smallest absolute Gasteiger partial charge is 0.372 e. The molecule has 0 spiro atoms. The minimum absolute atomic E-state index is 0.265. The highest BCUT2D eigenvalue weighted by molar-refractivity contribution is 6.71. The molecule has 7 heteroatoms. The number of aliphatic hydroxyl groups excluding tert-OH is 1. The van der Waals surface area contributed by atoms with Crippen molar-refractivity contribution in [3.05, 3.63) is 0 Å². The molecule has 0 amide bonds. The molecule has 1 rings (SSSR count). The van der Waals surface area contributed by atoms with Crippen LogP contribution in [0.4, 0.5) is 0 Å². The Hall–Kier alpha value is -0.0231. The van der Waals surface area contributed by atoms with E-state index in [4.69, 9.17) is 24.4 Å². The first-order valence-electron chi connectivity index (χ1n) is 7.70. The maximum Gasteiger partial charge on any atom is 0.372 e. The Labute approximate surface area is 130 Å². The van der Waals surface area contributed by atoms with Crippen molar-refractivity contribution in [3.8, 4) is 0 Å². The Balaban J connectivity index is 0.00000191. The maximum atomic E-state index is 7.00. The van der Waals surface area contributed by atoms with Crippen LogP contribution in [0.1, 0.15) is 32.6 Å². The van der Waals surface area contributed by atoms with Gasteiger partial charge in [0.2, 0.25) is 0 Å². The zero-order chi connectivity index (χ0) is 16.4. The van der Waals surface area contributed by atoms with Gasteiger partial charge in [-0.2, -0.15) is 0 Å². The highest BCUT2D eigenvalue weighted by Gasteiger charge is 2.62. The number of aliphatic hydroxyl groups is 1. The quantitative estimate of drug-likeness (QED) is 0.572. The second-order valence-corrected chi connectivity index (χ2v) is 8.86. The molecular weight excluding hydrogens is 288 g/mol. The molecule has 0 radical (unpaired) electrons. The highest BCUT2D eigenvalue weighted by atomic mass is 28.4. The summed E-state index contributed by atoms with van der Waals surface area (Å²) in [5, 5.41) is 10.2. The number of nitrogens with two attached hydrogens (primary N) is 1. The summed E-state index contributed by atoms with van der Waals surface area (Å²) >= 11 is 0. The van der Waals surface area contributed by atoms with E-state index in [0.717, 1.165) is 45.4 Å². The van der Waals surface area contributed by atoms with E-state index < -0.39 is 8.56 Å². The van der Waals surface area contributed by atoms with Crippen molar-refractivity contribution in [1.29, 1.82) is 0 Å². The molecule has 2 unspecified atom stereocenters. The van der Waals surface area contributed by atoms with Crippen molar-refractivity contribution in [3.63, 3.8) is 0 Å². The molecule has 0 bridgehead atoms. The highest BCUT2D eigenvalue weighted by Crippen LogP contribution is 2.42. The van der Waals surface area contributed by atoms with Crippen molar-refractivity contribution >= 4 is 8.56 Å². The maximum absolute atomic E-state index is 7.00. The second-order valence-electron chi connectivity index (χ2n) is 5.19. The van der Waals surface area contributed by atoms with E-state index in [9.17, 15) is 0 Å². The summed E-state index contributed by atoms with van der Waals surface area (Å²) in [6, 6.07) is 1.26. The van der Waals surface area contributed by atoms with Crippen LogP contribution in [0.15, 0.2) is 0 Å². The fourth-order valence-corrected chi connectivity index (χ4v) is 7.62. The number of ether oxygens (including phenoxy) is 1. The standard InChI is InChI=1S/C13H30N2O3Si.CH4O/c1-5-8-13(16-2)12(15-10-9-14)7-6-11-19(13,17-3)18-4;1-2/h12,15H,5-11,14H2,1-4H3;2H,1H3. The molecule has 1 heterocycles. The van der Waals surface area contributed by atoms with Crippen LogP contribution in [0.2, 0.25) is 6.04 Å². The van der Waals surface area contributed by atoms with Gasteiger partial charge >= 0.3 is 8.56 Å². The molecule has 0 aromatic rings. The van der Waals surface area contributed by atoms with Gasteiger partial charge in [-0.15, -0.1) is 0 Å². The monoisotopic (exact) mass is 322 g/mol. The third-order valence-corrected chi connectivity index (χ3v) is 8.81. The van der Waals surface area contributed by atoms with Gasteiger partial charge in [0.05, 0.1) is 0 Å². The van der Waals surface area contributed by atoms with E-state index in [1.54, 1.807) is 21.3 Å². The zero-order valence-electron chi connectivity index (χ0n) is 14.3. The molecule has 4 N–H and O–H groups in total. The minimum atomic E-state index is -2.37. The van der Waals surface area contributed by atoms with Crippen LogP contribution in [0.3, 0.4) is 0 Å². The molecule has 1 saturated heterocycles. The summed E-state index contributed by atoms with van der Waals surface area (Å²) in [6.45, 7) is 3.62. The molecule has 0 aromatic carbocycles. The first-order valence-corrected chi connectivity index (χ1v) is 9.72. The second kappa shape index (κ2) is 10.7. The summed E-state index contributed by atoms with van der Waals surface area (Å²) in [4.78, 5) is 0. The van der Waals surface area contributed by atoms with E-state index in [1.165, 1.54) is 0 Å². The summed E-state index contributed by atoms with van der Waals surface area (Å²) in [7, 11) is 3.96. The Morgan fingerprint density at radius 1 is 1.29 bits per heavy atom. The lowest BCUT2D eigenvalue weighted by Crippen LogP contribution is -2.73. The third kappa shape index (κ3) is 4.25. The van der Waals surface area contributed by atoms with Crippen LogP contribution in [0.25, 0.3) is 0 Å². The van der Waals surface area contributed by atoms with Crippen LogP contribution in [-0.4, -0.2) is 66.5 Å². The van der Waals surface area contributed by atoms with E-state index in [2.05, 4.69) is 12.2 Å². The van der Waals surface area contributed by atoms with Gasteiger partial charge in [0.25, 0.3) is 0 Å². The lowest BCUT2D eigenvalue weighted by atomic mass is 9.99. The van der Waals surface area contributed by atoms with E-state index in [1.807, 2.05) is 0 Å². The fourth-order valence-electron chi connectivity index (χ4n) is 3.54. The van der Waals surface area contributed by atoms with Gasteiger partial charge in [-0.1, -0.05) is 13.3 Å². The van der Waals surface area contributed by atoms with Gasteiger partial charge in [0.1, 0.15) is 5.22 Å². The van der Waals surface area contributed by atoms with Gasteiger partial charge in [-0.3, -0.25) is 0 Å². The van der Waals surface area contributed by atoms with Crippen LogP contribution in [0, 0.1) is 0 Å². The predicted molar refractivity (Wildman–Crippen MR) is 87.4 cm³/mol.